The molecule has 0 bridgehead atoms. The number of rotatable bonds is 5. The highest BCUT2D eigenvalue weighted by Gasteiger charge is 2.24. The number of hydrogen-bond acceptors (Lipinski definition) is 3. The van der Waals surface area contributed by atoms with Crippen LogP contribution in [0.3, 0.4) is 0 Å². The Hall–Kier alpha value is -0.910. The molecule has 0 aliphatic carbocycles. The van der Waals surface area contributed by atoms with Gasteiger partial charge in [0.2, 0.25) is 10.0 Å². The van der Waals surface area contributed by atoms with Crippen molar-refractivity contribution in [2.45, 2.75) is 52.0 Å². The Bertz CT molecular complexity index is 534. The lowest BCUT2D eigenvalue weighted by Crippen LogP contribution is -2.37. The summed E-state index contributed by atoms with van der Waals surface area (Å²) in [4.78, 5) is 0.344. The summed E-state index contributed by atoms with van der Waals surface area (Å²) in [5.41, 5.74) is 3.45. The van der Waals surface area contributed by atoms with Crippen LogP contribution in [0.1, 0.15) is 35.6 Å². The Morgan fingerprint density at radius 3 is 2.00 bits per heavy atom. The fraction of sp³-hybridized carbons (Fsp3) is 0.571. The first kappa shape index (κ1) is 16.1. The largest absolute Gasteiger partial charge is 0.395 e. The van der Waals surface area contributed by atoms with Gasteiger partial charge in [0, 0.05) is 6.04 Å². The summed E-state index contributed by atoms with van der Waals surface area (Å²) in [5, 5.41) is 9.16. The fourth-order valence-corrected chi connectivity index (χ4v) is 4.04. The van der Waals surface area contributed by atoms with Crippen LogP contribution in [-0.4, -0.2) is 26.2 Å². The van der Waals surface area contributed by atoms with Gasteiger partial charge in [-0.25, -0.2) is 13.1 Å². The maximum absolute atomic E-state index is 12.5. The predicted octanol–water partition coefficient (Wildman–Crippen LogP) is 1.97. The number of benzene rings is 1. The van der Waals surface area contributed by atoms with Crippen molar-refractivity contribution >= 4 is 10.0 Å². The van der Waals surface area contributed by atoms with Gasteiger partial charge in [-0.2, -0.15) is 0 Å². The lowest BCUT2D eigenvalue weighted by molar-refractivity contribution is 0.254. The molecular weight excluding hydrogens is 262 g/mol. The van der Waals surface area contributed by atoms with Crippen molar-refractivity contribution in [1.29, 1.82) is 0 Å². The minimum Gasteiger partial charge on any atom is -0.395 e. The molecule has 1 aromatic rings. The molecule has 1 atom stereocenters. The molecule has 1 aromatic carbocycles. The standard InChI is InChI=1S/C14H23NO3S/c1-6-13(8-16)15-19(17,18)14-11(4)9(2)7-10(3)12(14)5/h7,13,15-16H,6,8H2,1-5H3/t13-/m0/s1. The van der Waals surface area contributed by atoms with E-state index in [1.54, 1.807) is 0 Å². The second-order valence-electron chi connectivity index (χ2n) is 5.00. The quantitative estimate of drug-likeness (QED) is 0.869. The van der Waals surface area contributed by atoms with Gasteiger partial charge in [-0.3, -0.25) is 0 Å². The van der Waals surface area contributed by atoms with Gasteiger partial charge in [-0.1, -0.05) is 13.0 Å². The Kier molecular flexibility index (Phi) is 5.12. The van der Waals surface area contributed by atoms with E-state index in [-0.39, 0.29) is 6.61 Å². The van der Waals surface area contributed by atoms with E-state index >= 15 is 0 Å². The monoisotopic (exact) mass is 285 g/mol. The molecule has 0 aromatic heterocycles. The van der Waals surface area contributed by atoms with Crippen molar-refractivity contribution in [3.05, 3.63) is 28.3 Å². The number of aryl methyl sites for hydroxylation is 2. The molecular formula is C14H23NO3S. The molecule has 5 heteroatoms. The van der Waals surface area contributed by atoms with E-state index in [9.17, 15) is 8.42 Å². The minimum atomic E-state index is -3.60. The molecule has 108 valence electrons. The third-order valence-corrected chi connectivity index (χ3v) is 5.39. The van der Waals surface area contributed by atoms with Crippen LogP contribution in [0.5, 0.6) is 0 Å². The first-order chi connectivity index (χ1) is 8.74. The second-order valence-corrected chi connectivity index (χ2v) is 6.65. The van der Waals surface area contributed by atoms with Gasteiger partial charge in [0.15, 0.2) is 0 Å². The Balaban J connectivity index is 3.37. The zero-order chi connectivity index (χ0) is 14.8. The zero-order valence-corrected chi connectivity index (χ0v) is 13.1. The number of aliphatic hydroxyl groups is 1. The smallest absolute Gasteiger partial charge is 0.241 e. The molecule has 19 heavy (non-hydrogen) atoms. The molecule has 0 unspecified atom stereocenters. The first-order valence-corrected chi connectivity index (χ1v) is 7.93. The second kappa shape index (κ2) is 6.03. The van der Waals surface area contributed by atoms with Crippen LogP contribution in [0.2, 0.25) is 0 Å². The number of nitrogens with one attached hydrogen (secondary N) is 1. The van der Waals surface area contributed by atoms with Gasteiger partial charge in [-0.05, 0) is 56.4 Å². The summed E-state index contributed by atoms with van der Waals surface area (Å²) in [7, 11) is -3.60. The molecule has 0 aliphatic rings. The van der Waals surface area contributed by atoms with E-state index in [4.69, 9.17) is 5.11 Å². The topological polar surface area (TPSA) is 66.4 Å². The molecule has 4 nitrogen and oxygen atoms in total. The van der Waals surface area contributed by atoms with Crippen molar-refractivity contribution < 1.29 is 13.5 Å². The van der Waals surface area contributed by atoms with E-state index in [1.807, 2.05) is 40.7 Å². The fourth-order valence-electron chi connectivity index (χ4n) is 2.11. The van der Waals surface area contributed by atoms with E-state index < -0.39 is 16.1 Å². The van der Waals surface area contributed by atoms with E-state index in [0.717, 1.165) is 22.3 Å². The van der Waals surface area contributed by atoms with Gasteiger partial charge in [0.1, 0.15) is 0 Å². The van der Waals surface area contributed by atoms with Crippen LogP contribution >= 0.6 is 0 Å². The van der Waals surface area contributed by atoms with Gasteiger partial charge in [-0.15, -0.1) is 0 Å². The molecule has 0 radical (unpaired) electrons. The molecule has 0 saturated heterocycles. The van der Waals surface area contributed by atoms with Crippen LogP contribution in [0.15, 0.2) is 11.0 Å². The van der Waals surface area contributed by atoms with E-state index in [1.165, 1.54) is 0 Å². The van der Waals surface area contributed by atoms with Gasteiger partial charge < -0.3 is 5.11 Å². The number of aliphatic hydroxyl groups excluding tert-OH is 1. The Labute approximate surface area is 115 Å². The van der Waals surface area contributed by atoms with Crippen molar-refractivity contribution in [1.82, 2.24) is 4.72 Å². The summed E-state index contributed by atoms with van der Waals surface area (Å²) in [6.07, 6.45) is 0.554. The molecule has 0 aliphatic heterocycles. The zero-order valence-electron chi connectivity index (χ0n) is 12.2. The average Bonchev–Trinajstić information content (AvgIpc) is 2.33. The van der Waals surface area contributed by atoms with Crippen LogP contribution in [0.25, 0.3) is 0 Å². The molecule has 0 fully saturated rings. The number of hydrogen-bond donors (Lipinski definition) is 2. The minimum absolute atomic E-state index is 0.196. The van der Waals surface area contributed by atoms with Crippen molar-refractivity contribution in [2.75, 3.05) is 6.61 Å². The summed E-state index contributed by atoms with van der Waals surface area (Å²) >= 11 is 0. The summed E-state index contributed by atoms with van der Waals surface area (Å²) in [5.74, 6) is 0. The third kappa shape index (κ3) is 3.35. The average molecular weight is 285 g/mol. The third-order valence-electron chi connectivity index (χ3n) is 3.60. The van der Waals surface area contributed by atoms with Gasteiger partial charge in [0.05, 0.1) is 11.5 Å². The SMILES string of the molecule is CC[C@@H](CO)NS(=O)(=O)c1c(C)c(C)cc(C)c1C. The van der Waals surface area contributed by atoms with Crippen LogP contribution < -0.4 is 4.72 Å². The highest BCUT2D eigenvalue weighted by Crippen LogP contribution is 2.26. The molecule has 0 saturated carbocycles. The van der Waals surface area contributed by atoms with E-state index in [0.29, 0.717) is 11.3 Å². The highest BCUT2D eigenvalue weighted by molar-refractivity contribution is 7.89. The molecule has 1 rings (SSSR count). The van der Waals surface area contributed by atoms with Crippen LogP contribution in [0, 0.1) is 27.7 Å². The first-order valence-electron chi connectivity index (χ1n) is 6.45. The van der Waals surface area contributed by atoms with Crippen molar-refractivity contribution in [2.24, 2.45) is 0 Å². The molecule has 2 N–H and O–H groups in total. The maximum atomic E-state index is 12.5. The van der Waals surface area contributed by atoms with Crippen molar-refractivity contribution in [3.63, 3.8) is 0 Å². The molecule has 0 amide bonds. The highest BCUT2D eigenvalue weighted by atomic mass is 32.2. The maximum Gasteiger partial charge on any atom is 0.241 e. The lowest BCUT2D eigenvalue weighted by Gasteiger charge is -2.19. The molecule has 0 heterocycles. The van der Waals surface area contributed by atoms with Crippen LogP contribution in [-0.2, 0) is 10.0 Å². The summed E-state index contributed by atoms with van der Waals surface area (Å²) in [6.45, 7) is 9.09. The summed E-state index contributed by atoms with van der Waals surface area (Å²) in [6, 6.07) is 1.55. The van der Waals surface area contributed by atoms with Gasteiger partial charge >= 0.3 is 0 Å². The Morgan fingerprint density at radius 2 is 1.63 bits per heavy atom. The van der Waals surface area contributed by atoms with Gasteiger partial charge in [0.25, 0.3) is 0 Å². The number of sulfonamides is 1. The van der Waals surface area contributed by atoms with Crippen LogP contribution in [0.4, 0.5) is 0 Å². The molecule has 0 spiro atoms. The summed E-state index contributed by atoms with van der Waals surface area (Å²) < 4.78 is 27.5. The Morgan fingerprint density at radius 1 is 1.16 bits per heavy atom. The van der Waals surface area contributed by atoms with E-state index in [2.05, 4.69) is 4.72 Å². The predicted molar refractivity (Wildman–Crippen MR) is 76.9 cm³/mol. The van der Waals surface area contributed by atoms with Crippen molar-refractivity contribution in [3.8, 4) is 0 Å². The normalized spacial score (nSPS) is 13.6. The lowest BCUT2D eigenvalue weighted by atomic mass is 10.0.